The Morgan fingerprint density at radius 3 is 2.35 bits per heavy atom. The highest BCUT2D eigenvalue weighted by atomic mass is 16.2. The maximum atomic E-state index is 12.0. The molecule has 3 heteroatoms. The van der Waals surface area contributed by atoms with Gasteiger partial charge < -0.3 is 0 Å². The molecule has 104 valence electrons. The van der Waals surface area contributed by atoms with E-state index in [9.17, 15) is 4.79 Å². The van der Waals surface area contributed by atoms with E-state index in [0.29, 0.717) is 5.92 Å². The molecule has 20 heavy (non-hydrogen) atoms. The normalized spacial score (nSPS) is 11.4. The second kappa shape index (κ2) is 5.87. The lowest BCUT2D eigenvalue weighted by atomic mass is 10.0. The first kappa shape index (κ1) is 14.3. The smallest absolute Gasteiger partial charge is 0.267 e. The van der Waals surface area contributed by atoms with Crippen molar-refractivity contribution in [3.8, 4) is 0 Å². The number of carbonyl (C=O) groups excluding carboxylic acids is 1. The molecular formula is C17H20N2O. The highest BCUT2D eigenvalue weighted by molar-refractivity contribution is 5.93. The predicted octanol–water partition coefficient (Wildman–Crippen LogP) is 3.98. The first-order valence-corrected chi connectivity index (χ1v) is 6.83. The zero-order chi connectivity index (χ0) is 14.7. The number of aryl methyl sites for hydroxylation is 2. The minimum absolute atomic E-state index is 0.122. The maximum Gasteiger partial charge on any atom is 0.271 e. The lowest BCUT2D eigenvalue weighted by Gasteiger charge is -2.04. The van der Waals surface area contributed by atoms with Crippen LogP contribution >= 0.6 is 0 Å². The van der Waals surface area contributed by atoms with E-state index < -0.39 is 0 Å². The van der Waals surface area contributed by atoms with Crippen LogP contribution in [0.4, 0.5) is 0 Å². The third kappa shape index (κ3) is 3.23. The Morgan fingerprint density at radius 1 is 1.20 bits per heavy atom. The van der Waals surface area contributed by atoms with E-state index in [2.05, 4.69) is 31.1 Å². The fourth-order valence-electron chi connectivity index (χ4n) is 2.08. The summed E-state index contributed by atoms with van der Waals surface area (Å²) in [6, 6.07) is 10.1. The molecule has 3 nitrogen and oxygen atoms in total. The summed E-state index contributed by atoms with van der Waals surface area (Å²) < 4.78 is 1.42. The van der Waals surface area contributed by atoms with Gasteiger partial charge in [-0.2, -0.15) is 5.10 Å². The molecule has 0 radical (unpaired) electrons. The van der Waals surface area contributed by atoms with Gasteiger partial charge in [-0.15, -0.1) is 0 Å². The molecule has 0 aliphatic carbocycles. The molecule has 0 aliphatic rings. The zero-order valence-corrected chi connectivity index (χ0v) is 12.4. The van der Waals surface area contributed by atoms with Gasteiger partial charge in [0.15, 0.2) is 0 Å². The topological polar surface area (TPSA) is 34.9 Å². The van der Waals surface area contributed by atoms with Gasteiger partial charge in [-0.1, -0.05) is 38.1 Å². The Bertz CT molecular complexity index is 634. The van der Waals surface area contributed by atoms with Gasteiger partial charge in [0.25, 0.3) is 5.91 Å². The SMILES string of the molecule is Cc1cc(C)n(C(=O)/C=C/c2ccc(C(C)C)cc2)n1. The van der Waals surface area contributed by atoms with Crippen LogP contribution in [-0.2, 0) is 0 Å². The molecule has 2 aromatic rings. The van der Waals surface area contributed by atoms with Gasteiger partial charge in [-0.3, -0.25) is 4.79 Å². The monoisotopic (exact) mass is 268 g/mol. The number of hydrogen-bond acceptors (Lipinski definition) is 2. The van der Waals surface area contributed by atoms with Gasteiger partial charge in [0.05, 0.1) is 5.69 Å². The summed E-state index contributed by atoms with van der Waals surface area (Å²) >= 11 is 0. The fraction of sp³-hybridized carbons (Fsp3) is 0.294. The van der Waals surface area contributed by atoms with Crippen molar-refractivity contribution in [2.45, 2.75) is 33.6 Å². The van der Waals surface area contributed by atoms with Gasteiger partial charge >= 0.3 is 0 Å². The van der Waals surface area contributed by atoms with E-state index in [1.165, 1.54) is 10.2 Å². The molecule has 0 spiro atoms. The molecule has 1 aromatic heterocycles. The molecule has 0 fully saturated rings. The summed E-state index contributed by atoms with van der Waals surface area (Å²) in [5.74, 6) is 0.396. The van der Waals surface area contributed by atoms with Gasteiger partial charge in [0.2, 0.25) is 0 Å². The van der Waals surface area contributed by atoms with Crippen LogP contribution < -0.4 is 0 Å². The number of nitrogens with zero attached hydrogens (tertiary/aromatic N) is 2. The molecule has 2 rings (SSSR count). The second-order valence-corrected chi connectivity index (χ2v) is 5.33. The highest BCUT2D eigenvalue weighted by Gasteiger charge is 2.06. The summed E-state index contributed by atoms with van der Waals surface area (Å²) in [5, 5.41) is 4.18. The Kier molecular flexibility index (Phi) is 4.18. The van der Waals surface area contributed by atoms with Gasteiger partial charge in [-0.05, 0) is 43.0 Å². The van der Waals surface area contributed by atoms with Crippen molar-refractivity contribution >= 4 is 12.0 Å². The fourth-order valence-corrected chi connectivity index (χ4v) is 2.08. The number of rotatable bonds is 3. The molecule has 0 unspecified atom stereocenters. The Labute approximate surface area is 119 Å². The van der Waals surface area contributed by atoms with Crippen molar-refractivity contribution < 1.29 is 4.79 Å². The van der Waals surface area contributed by atoms with Crippen LogP contribution in [0.1, 0.15) is 47.1 Å². The summed E-state index contributed by atoms with van der Waals surface area (Å²) in [7, 11) is 0. The van der Waals surface area contributed by atoms with Crippen LogP contribution in [0.25, 0.3) is 6.08 Å². The van der Waals surface area contributed by atoms with Crippen molar-refractivity contribution in [2.24, 2.45) is 0 Å². The van der Waals surface area contributed by atoms with Gasteiger partial charge in [0, 0.05) is 11.8 Å². The molecule has 0 aliphatic heterocycles. The summed E-state index contributed by atoms with van der Waals surface area (Å²) in [6.07, 6.45) is 3.38. The van der Waals surface area contributed by atoms with E-state index >= 15 is 0 Å². The number of allylic oxidation sites excluding steroid dienone is 1. The Balaban J connectivity index is 2.13. The van der Waals surface area contributed by atoms with Gasteiger partial charge in [0.1, 0.15) is 0 Å². The second-order valence-electron chi connectivity index (χ2n) is 5.33. The highest BCUT2D eigenvalue weighted by Crippen LogP contribution is 2.15. The predicted molar refractivity (Wildman–Crippen MR) is 81.9 cm³/mol. The van der Waals surface area contributed by atoms with Crippen LogP contribution in [0.5, 0.6) is 0 Å². The van der Waals surface area contributed by atoms with E-state index in [1.807, 2.05) is 38.1 Å². The minimum Gasteiger partial charge on any atom is -0.267 e. The van der Waals surface area contributed by atoms with Crippen molar-refractivity contribution in [2.75, 3.05) is 0 Å². The molecule has 0 atom stereocenters. The number of aromatic nitrogens is 2. The van der Waals surface area contributed by atoms with Crippen molar-refractivity contribution in [3.05, 3.63) is 58.9 Å². The summed E-state index contributed by atoms with van der Waals surface area (Å²) in [5.41, 5.74) is 4.02. The van der Waals surface area contributed by atoms with Crippen LogP contribution in [0.15, 0.2) is 36.4 Å². The van der Waals surface area contributed by atoms with E-state index in [-0.39, 0.29) is 5.91 Å². The lowest BCUT2D eigenvalue weighted by Crippen LogP contribution is -2.10. The van der Waals surface area contributed by atoms with Crippen LogP contribution in [0.3, 0.4) is 0 Å². The van der Waals surface area contributed by atoms with Crippen LogP contribution in [0.2, 0.25) is 0 Å². The lowest BCUT2D eigenvalue weighted by molar-refractivity contribution is 0.0952. The number of carbonyl (C=O) groups is 1. The first-order chi connectivity index (χ1) is 9.47. The standard InChI is InChI=1S/C17H20N2O/c1-12(2)16-8-5-15(6-9-16)7-10-17(20)19-14(4)11-13(3)18-19/h5-12H,1-4H3/b10-7+. The van der Waals surface area contributed by atoms with E-state index in [0.717, 1.165) is 17.0 Å². The van der Waals surface area contributed by atoms with Crippen LogP contribution in [0, 0.1) is 13.8 Å². The van der Waals surface area contributed by atoms with Crippen LogP contribution in [-0.4, -0.2) is 15.7 Å². The van der Waals surface area contributed by atoms with Gasteiger partial charge in [-0.25, -0.2) is 4.68 Å². The Morgan fingerprint density at radius 2 is 1.85 bits per heavy atom. The molecule has 0 bridgehead atoms. The average molecular weight is 268 g/mol. The van der Waals surface area contributed by atoms with Crippen molar-refractivity contribution in [3.63, 3.8) is 0 Å². The van der Waals surface area contributed by atoms with Crippen molar-refractivity contribution in [1.82, 2.24) is 9.78 Å². The number of benzene rings is 1. The molecular weight excluding hydrogens is 248 g/mol. The largest absolute Gasteiger partial charge is 0.271 e. The summed E-state index contributed by atoms with van der Waals surface area (Å²) in [4.78, 5) is 12.0. The third-order valence-electron chi connectivity index (χ3n) is 3.24. The third-order valence-corrected chi connectivity index (χ3v) is 3.24. The summed E-state index contributed by atoms with van der Waals surface area (Å²) in [6.45, 7) is 8.09. The van der Waals surface area contributed by atoms with E-state index in [4.69, 9.17) is 0 Å². The molecule has 1 heterocycles. The maximum absolute atomic E-state index is 12.0. The zero-order valence-electron chi connectivity index (χ0n) is 12.4. The van der Waals surface area contributed by atoms with Crippen molar-refractivity contribution in [1.29, 1.82) is 0 Å². The first-order valence-electron chi connectivity index (χ1n) is 6.83. The average Bonchev–Trinajstić information content (AvgIpc) is 2.75. The Hall–Kier alpha value is -2.16. The molecule has 0 saturated carbocycles. The molecule has 0 amide bonds. The quantitative estimate of drug-likeness (QED) is 0.789. The molecule has 1 aromatic carbocycles. The van der Waals surface area contributed by atoms with E-state index in [1.54, 1.807) is 6.08 Å². The molecule has 0 saturated heterocycles. The molecule has 0 N–H and O–H groups in total. The number of hydrogen-bond donors (Lipinski definition) is 0. The minimum atomic E-state index is -0.122.